The predicted octanol–water partition coefficient (Wildman–Crippen LogP) is 1.77. The molecule has 1 rings (SSSR count). The third-order valence-corrected chi connectivity index (χ3v) is 1.42. The van der Waals surface area contributed by atoms with Crippen molar-refractivity contribution in [2.75, 3.05) is 0 Å². The van der Waals surface area contributed by atoms with Crippen LogP contribution in [0.1, 0.15) is 25.5 Å². The van der Waals surface area contributed by atoms with Gasteiger partial charge in [0.2, 0.25) is 0 Å². The van der Waals surface area contributed by atoms with Crippen LogP contribution in [0, 0.1) is 0 Å². The Labute approximate surface area is 85.1 Å². The Morgan fingerprint density at radius 1 is 1.50 bits per heavy atom. The molecule has 1 aromatic rings. The van der Waals surface area contributed by atoms with Gasteiger partial charge in [-0.3, -0.25) is 4.68 Å². The molecule has 3 nitrogen and oxygen atoms in total. The molecular formula is C7H15Cl2N3. The molecule has 0 fully saturated rings. The molecule has 0 aliphatic carbocycles. The third-order valence-electron chi connectivity index (χ3n) is 1.42. The topological polar surface area (TPSA) is 43.8 Å². The Morgan fingerprint density at radius 3 is 2.33 bits per heavy atom. The first-order valence-corrected chi connectivity index (χ1v) is 3.47. The fraction of sp³-hybridized carbons (Fsp3) is 0.571. The van der Waals surface area contributed by atoms with Gasteiger partial charge in [-0.1, -0.05) is 0 Å². The molecule has 0 amide bonds. The molecule has 0 aliphatic rings. The van der Waals surface area contributed by atoms with Crippen molar-refractivity contribution >= 4 is 24.8 Å². The average Bonchev–Trinajstić information content (AvgIpc) is 2.34. The molecule has 5 heteroatoms. The summed E-state index contributed by atoms with van der Waals surface area (Å²) >= 11 is 0. The molecule has 12 heavy (non-hydrogen) atoms. The van der Waals surface area contributed by atoms with Crippen LogP contribution >= 0.6 is 24.8 Å². The van der Waals surface area contributed by atoms with Crippen molar-refractivity contribution < 1.29 is 0 Å². The summed E-state index contributed by atoms with van der Waals surface area (Å²) in [6.07, 6.45) is 3.78. The first kappa shape index (κ1) is 14.3. The first-order valence-electron chi connectivity index (χ1n) is 3.47. The van der Waals surface area contributed by atoms with Gasteiger partial charge in [-0.15, -0.1) is 24.8 Å². The zero-order valence-electron chi connectivity index (χ0n) is 7.23. The fourth-order valence-electron chi connectivity index (χ4n) is 0.765. The van der Waals surface area contributed by atoms with Crippen LogP contribution in [0.3, 0.4) is 0 Å². The summed E-state index contributed by atoms with van der Waals surface area (Å²) in [6.45, 7) is 4.76. The molecule has 0 aliphatic heterocycles. The van der Waals surface area contributed by atoms with Gasteiger partial charge < -0.3 is 5.73 Å². The highest BCUT2D eigenvalue weighted by Crippen LogP contribution is 2.03. The van der Waals surface area contributed by atoms with E-state index in [0.29, 0.717) is 12.6 Å². The van der Waals surface area contributed by atoms with Crippen molar-refractivity contribution in [1.29, 1.82) is 0 Å². The van der Waals surface area contributed by atoms with Crippen LogP contribution in [-0.2, 0) is 6.54 Å². The monoisotopic (exact) mass is 211 g/mol. The highest BCUT2D eigenvalue weighted by Gasteiger charge is 1.98. The second-order valence-electron chi connectivity index (χ2n) is 2.63. The molecule has 0 aromatic carbocycles. The number of nitrogens with two attached hydrogens (primary N) is 1. The fourth-order valence-corrected chi connectivity index (χ4v) is 0.765. The molecular weight excluding hydrogens is 197 g/mol. The Bertz CT molecular complexity index is 210. The maximum Gasteiger partial charge on any atom is 0.0534 e. The summed E-state index contributed by atoms with van der Waals surface area (Å²) in [5.41, 5.74) is 6.50. The van der Waals surface area contributed by atoms with Crippen molar-refractivity contribution in [1.82, 2.24) is 9.78 Å². The quantitative estimate of drug-likeness (QED) is 0.811. The van der Waals surface area contributed by atoms with E-state index in [1.54, 1.807) is 6.20 Å². The third kappa shape index (κ3) is 3.43. The number of rotatable bonds is 2. The van der Waals surface area contributed by atoms with Crippen molar-refractivity contribution in [2.45, 2.75) is 26.4 Å². The number of hydrogen-bond acceptors (Lipinski definition) is 2. The minimum Gasteiger partial charge on any atom is -0.326 e. The summed E-state index contributed by atoms with van der Waals surface area (Å²) in [5.74, 6) is 0. The number of hydrogen-bond donors (Lipinski definition) is 1. The Morgan fingerprint density at radius 2 is 2.08 bits per heavy atom. The largest absolute Gasteiger partial charge is 0.326 e. The Kier molecular flexibility index (Phi) is 7.48. The van der Waals surface area contributed by atoms with E-state index in [-0.39, 0.29) is 24.8 Å². The number of nitrogens with zero attached hydrogens (tertiary/aromatic N) is 2. The van der Waals surface area contributed by atoms with Crippen LogP contribution in [0.15, 0.2) is 12.4 Å². The van der Waals surface area contributed by atoms with Gasteiger partial charge in [-0.2, -0.15) is 5.10 Å². The van der Waals surface area contributed by atoms with Crippen LogP contribution in [0.25, 0.3) is 0 Å². The number of halogens is 2. The lowest BCUT2D eigenvalue weighted by Crippen LogP contribution is -2.00. The highest BCUT2D eigenvalue weighted by atomic mass is 35.5. The summed E-state index contributed by atoms with van der Waals surface area (Å²) < 4.78 is 1.90. The van der Waals surface area contributed by atoms with Gasteiger partial charge in [0.25, 0.3) is 0 Å². The Hall–Kier alpha value is -0.250. The van der Waals surface area contributed by atoms with Gasteiger partial charge in [-0.25, -0.2) is 0 Å². The molecule has 0 unspecified atom stereocenters. The van der Waals surface area contributed by atoms with Crippen molar-refractivity contribution in [3.8, 4) is 0 Å². The highest BCUT2D eigenvalue weighted by molar-refractivity contribution is 5.85. The first-order chi connectivity index (χ1) is 4.74. The van der Waals surface area contributed by atoms with E-state index in [9.17, 15) is 0 Å². The molecule has 1 heterocycles. The minimum atomic E-state index is 0. The molecule has 0 radical (unpaired) electrons. The lowest BCUT2D eigenvalue weighted by Gasteiger charge is -2.02. The Balaban J connectivity index is 0. The van der Waals surface area contributed by atoms with E-state index in [1.165, 1.54) is 0 Å². The summed E-state index contributed by atoms with van der Waals surface area (Å²) in [6, 6.07) is 0.431. The molecule has 1 aromatic heterocycles. The summed E-state index contributed by atoms with van der Waals surface area (Å²) in [4.78, 5) is 0. The standard InChI is InChI=1S/C7H13N3.2ClH/c1-6(2)10-5-7(3-8)4-9-10;;/h4-6H,3,8H2,1-2H3;2*1H. The van der Waals surface area contributed by atoms with Crippen LogP contribution in [-0.4, -0.2) is 9.78 Å². The second kappa shape index (κ2) is 6.29. The van der Waals surface area contributed by atoms with Crippen molar-refractivity contribution in [3.63, 3.8) is 0 Å². The molecule has 0 atom stereocenters. The van der Waals surface area contributed by atoms with Crippen molar-refractivity contribution in [2.24, 2.45) is 5.73 Å². The normalized spacial score (nSPS) is 9.00. The number of aromatic nitrogens is 2. The molecule has 0 saturated carbocycles. The van der Waals surface area contributed by atoms with E-state index >= 15 is 0 Å². The molecule has 72 valence electrons. The maximum atomic E-state index is 5.41. The van der Waals surface area contributed by atoms with Gasteiger partial charge in [0, 0.05) is 24.3 Å². The second-order valence-corrected chi connectivity index (χ2v) is 2.63. The zero-order chi connectivity index (χ0) is 7.56. The molecule has 0 bridgehead atoms. The molecule has 2 N–H and O–H groups in total. The molecule has 0 spiro atoms. The van der Waals surface area contributed by atoms with E-state index in [4.69, 9.17) is 5.73 Å². The lowest BCUT2D eigenvalue weighted by atomic mass is 10.3. The average molecular weight is 212 g/mol. The maximum absolute atomic E-state index is 5.41. The van der Waals surface area contributed by atoms with Gasteiger partial charge in [-0.05, 0) is 13.8 Å². The van der Waals surface area contributed by atoms with Gasteiger partial charge in [0.05, 0.1) is 6.20 Å². The predicted molar refractivity (Wildman–Crippen MR) is 55.0 cm³/mol. The van der Waals surface area contributed by atoms with E-state index in [1.807, 2.05) is 10.9 Å². The summed E-state index contributed by atoms with van der Waals surface area (Å²) in [5, 5.41) is 4.12. The van der Waals surface area contributed by atoms with E-state index in [0.717, 1.165) is 5.56 Å². The minimum absolute atomic E-state index is 0. The SMILES string of the molecule is CC(C)n1cc(CN)cn1.Cl.Cl. The van der Waals surface area contributed by atoms with Gasteiger partial charge in [0.1, 0.15) is 0 Å². The van der Waals surface area contributed by atoms with Crippen LogP contribution in [0.5, 0.6) is 0 Å². The van der Waals surface area contributed by atoms with Crippen LogP contribution in [0.2, 0.25) is 0 Å². The zero-order valence-corrected chi connectivity index (χ0v) is 8.86. The van der Waals surface area contributed by atoms with E-state index in [2.05, 4.69) is 18.9 Å². The van der Waals surface area contributed by atoms with Gasteiger partial charge in [0.15, 0.2) is 0 Å². The molecule has 0 saturated heterocycles. The smallest absolute Gasteiger partial charge is 0.0534 e. The lowest BCUT2D eigenvalue weighted by molar-refractivity contribution is 0.532. The van der Waals surface area contributed by atoms with Crippen LogP contribution in [0.4, 0.5) is 0 Å². The summed E-state index contributed by atoms with van der Waals surface area (Å²) in [7, 11) is 0. The van der Waals surface area contributed by atoms with Crippen LogP contribution < -0.4 is 5.73 Å². The van der Waals surface area contributed by atoms with Crippen molar-refractivity contribution in [3.05, 3.63) is 18.0 Å². The van der Waals surface area contributed by atoms with Gasteiger partial charge >= 0.3 is 0 Å². The van der Waals surface area contributed by atoms with E-state index < -0.39 is 0 Å².